The normalized spacial score (nSPS) is 15.5. The summed E-state index contributed by atoms with van der Waals surface area (Å²) in [6, 6.07) is 11.5. The molecule has 33 heavy (non-hydrogen) atoms. The fourth-order valence-corrected chi connectivity index (χ4v) is 4.50. The van der Waals surface area contributed by atoms with Crippen molar-refractivity contribution >= 4 is 34.8 Å². The van der Waals surface area contributed by atoms with E-state index < -0.39 is 0 Å². The highest BCUT2D eigenvalue weighted by Gasteiger charge is 2.25. The van der Waals surface area contributed by atoms with Gasteiger partial charge in [-0.15, -0.1) is 0 Å². The van der Waals surface area contributed by atoms with Crippen LogP contribution in [0.4, 0.5) is 5.69 Å². The second-order valence-electron chi connectivity index (χ2n) is 8.71. The summed E-state index contributed by atoms with van der Waals surface area (Å²) in [5.41, 5.74) is 2.62. The Bertz CT molecular complexity index is 889. The summed E-state index contributed by atoms with van der Waals surface area (Å²) in [4.78, 5) is 17.4. The molecule has 1 unspecified atom stereocenters. The number of carbonyl (C=O) groups is 1. The van der Waals surface area contributed by atoms with Gasteiger partial charge in [-0.1, -0.05) is 55.1 Å². The maximum atomic E-state index is 13.5. The average Bonchev–Trinajstić information content (AvgIpc) is 3.30. The summed E-state index contributed by atoms with van der Waals surface area (Å²) in [5.74, 6) is 0.319. The highest BCUT2D eigenvalue weighted by Crippen LogP contribution is 2.35. The van der Waals surface area contributed by atoms with Crippen LogP contribution >= 0.6 is 23.2 Å². The molecule has 0 radical (unpaired) electrons. The van der Waals surface area contributed by atoms with E-state index in [0.717, 1.165) is 50.0 Å². The summed E-state index contributed by atoms with van der Waals surface area (Å²) in [5, 5.41) is 0.713. The number of benzene rings is 2. The van der Waals surface area contributed by atoms with Crippen molar-refractivity contribution in [3.63, 3.8) is 0 Å². The first-order valence-corrected chi connectivity index (χ1v) is 12.4. The minimum atomic E-state index is -0.122. The number of hydrogen-bond acceptors (Lipinski definition) is 4. The van der Waals surface area contributed by atoms with Crippen molar-refractivity contribution in [1.82, 2.24) is 4.90 Å². The highest BCUT2D eigenvalue weighted by molar-refractivity contribution is 6.37. The van der Waals surface area contributed by atoms with Gasteiger partial charge >= 0.3 is 0 Å². The lowest BCUT2D eigenvalue weighted by molar-refractivity contribution is 0.0507. The van der Waals surface area contributed by atoms with Crippen LogP contribution in [-0.4, -0.2) is 50.8 Å². The standard InChI is InChI=1S/C26H34Cl2N2O3/c1-4-5-6-13-33-25-23(27)15-20(16-24(25)28)26(31)30(18-22-8-7-14-32-22)17-19-9-11-21(12-10-19)29(2)3/h9-12,15-16,22H,4-8,13-14,17-18H2,1-3H3. The summed E-state index contributed by atoms with van der Waals surface area (Å²) >= 11 is 12.9. The number of nitrogens with zero attached hydrogens (tertiary/aromatic N) is 2. The van der Waals surface area contributed by atoms with E-state index >= 15 is 0 Å². The Labute approximate surface area is 207 Å². The summed E-state index contributed by atoms with van der Waals surface area (Å²) in [6.45, 7) is 4.44. The SMILES string of the molecule is CCCCCOc1c(Cl)cc(C(=O)N(Cc2ccc(N(C)C)cc2)CC2CCCO2)cc1Cl. The molecule has 0 aliphatic carbocycles. The molecule has 1 aliphatic rings. The average molecular weight is 493 g/mol. The fraction of sp³-hybridized carbons (Fsp3) is 0.500. The molecule has 1 atom stereocenters. The lowest BCUT2D eigenvalue weighted by Crippen LogP contribution is -2.37. The molecule has 1 fully saturated rings. The van der Waals surface area contributed by atoms with Gasteiger partial charge in [-0.05, 0) is 49.1 Å². The molecule has 1 heterocycles. The van der Waals surface area contributed by atoms with Gasteiger partial charge in [0.15, 0.2) is 5.75 Å². The Morgan fingerprint density at radius 2 is 1.82 bits per heavy atom. The lowest BCUT2D eigenvalue weighted by atomic mass is 10.1. The number of amides is 1. The molecule has 2 aromatic carbocycles. The van der Waals surface area contributed by atoms with E-state index in [-0.39, 0.29) is 12.0 Å². The van der Waals surface area contributed by atoms with Gasteiger partial charge in [0, 0.05) is 45.0 Å². The predicted octanol–water partition coefficient (Wildman–Crippen LogP) is 6.45. The van der Waals surface area contributed by atoms with Crippen LogP contribution in [0.3, 0.4) is 0 Å². The zero-order chi connectivity index (χ0) is 23.8. The van der Waals surface area contributed by atoms with E-state index in [1.54, 1.807) is 12.1 Å². The molecular formula is C26H34Cl2N2O3. The number of anilines is 1. The third-order valence-corrected chi connectivity index (χ3v) is 6.36. The summed E-state index contributed by atoms with van der Waals surface area (Å²) in [7, 11) is 4.01. The largest absolute Gasteiger partial charge is 0.490 e. The van der Waals surface area contributed by atoms with Gasteiger partial charge in [0.2, 0.25) is 0 Å². The van der Waals surface area contributed by atoms with Crippen LogP contribution in [0.1, 0.15) is 54.9 Å². The number of hydrogen-bond donors (Lipinski definition) is 0. The van der Waals surface area contributed by atoms with Gasteiger partial charge in [-0.3, -0.25) is 4.79 Å². The number of unbranched alkanes of at least 4 members (excludes halogenated alkanes) is 2. The van der Waals surface area contributed by atoms with Crippen LogP contribution in [0, 0.1) is 0 Å². The van der Waals surface area contributed by atoms with Gasteiger partial charge in [-0.25, -0.2) is 0 Å². The first kappa shape index (κ1) is 25.7. The fourth-order valence-electron chi connectivity index (χ4n) is 3.90. The van der Waals surface area contributed by atoms with Crippen LogP contribution in [0.15, 0.2) is 36.4 Å². The topological polar surface area (TPSA) is 42.0 Å². The Kier molecular flexibility index (Phi) is 9.72. The van der Waals surface area contributed by atoms with Crippen molar-refractivity contribution in [1.29, 1.82) is 0 Å². The van der Waals surface area contributed by atoms with Gasteiger partial charge in [0.1, 0.15) is 0 Å². The van der Waals surface area contributed by atoms with E-state index in [4.69, 9.17) is 32.7 Å². The van der Waals surface area contributed by atoms with E-state index in [2.05, 4.69) is 36.1 Å². The van der Waals surface area contributed by atoms with Crippen molar-refractivity contribution in [2.24, 2.45) is 0 Å². The summed E-state index contributed by atoms with van der Waals surface area (Å²) in [6.07, 6.45) is 5.14. The monoisotopic (exact) mass is 492 g/mol. The highest BCUT2D eigenvalue weighted by atomic mass is 35.5. The van der Waals surface area contributed by atoms with Crippen molar-refractivity contribution in [2.45, 2.75) is 51.7 Å². The Balaban J connectivity index is 1.78. The van der Waals surface area contributed by atoms with Crippen molar-refractivity contribution in [2.75, 3.05) is 38.8 Å². The van der Waals surface area contributed by atoms with Crippen molar-refractivity contribution in [3.05, 3.63) is 57.6 Å². The molecule has 5 nitrogen and oxygen atoms in total. The van der Waals surface area contributed by atoms with Crippen LogP contribution in [0.2, 0.25) is 10.0 Å². The first-order valence-electron chi connectivity index (χ1n) is 11.7. The van der Waals surface area contributed by atoms with Gasteiger partial charge in [0.25, 0.3) is 5.91 Å². The quantitative estimate of drug-likeness (QED) is 0.338. The molecule has 1 aliphatic heterocycles. The van der Waals surface area contributed by atoms with E-state index in [1.165, 1.54) is 0 Å². The maximum Gasteiger partial charge on any atom is 0.254 e. The van der Waals surface area contributed by atoms with Crippen molar-refractivity contribution < 1.29 is 14.3 Å². The molecular weight excluding hydrogens is 459 g/mol. The van der Waals surface area contributed by atoms with E-state index in [1.807, 2.05) is 19.0 Å². The van der Waals surface area contributed by atoms with Crippen LogP contribution < -0.4 is 9.64 Å². The van der Waals surface area contributed by atoms with Gasteiger partial charge < -0.3 is 19.3 Å². The molecule has 0 saturated carbocycles. The number of ether oxygens (including phenoxy) is 2. The van der Waals surface area contributed by atoms with Crippen molar-refractivity contribution in [3.8, 4) is 5.75 Å². The van der Waals surface area contributed by atoms with Crippen LogP contribution in [-0.2, 0) is 11.3 Å². The molecule has 0 aromatic heterocycles. The third-order valence-electron chi connectivity index (χ3n) is 5.80. The van der Waals surface area contributed by atoms with E-state index in [0.29, 0.717) is 41.1 Å². The minimum absolute atomic E-state index is 0.0436. The van der Waals surface area contributed by atoms with Crippen LogP contribution in [0.25, 0.3) is 0 Å². The molecule has 7 heteroatoms. The number of carbonyl (C=O) groups excluding carboxylic acids is 1. The minimum Gasteiger partial charge on any atom is -0.490 e. The first-order chi connectivity index (χ1) is 15.9. The lowest BCUT2D eigenvalue weighted by Gasteiger charge is -2.26. The molecule has 2 aromatic rings. The maximum absolute atomic E-state index is 13.5. The van der Waals surface area contributed by atoms with Gasteiger partial charge in [0.05, 0.1) is 22.8 Å². The molecule has 180 valence electrons. The molecule has 1 saturated heterocycles. The zero-order valence-electron chi connectivity index (χ0n) is 19.8. The second-order valence-corrected chi connectivity index (χ2v) is 9.52. The Morgan fingerprint density at radius 1 is 1.12 bits per heavy atom. The van der Waals surface area contributed by atoms with E-state index in [9.17, 15) is 4.79 Å². The predicted molar refractivity (Wildman–Crippen MR) is 136 cm³/mol. The van der Waals surface area contributed by atoms with Gasteiger partial charge in [-0.2, -0.15) is 0 Å². The Morgan fingerprint density at radius 3 is 2.39 bits per heavy atom. The Hall–Kier alpha value is -1.95. The molecule has 0 N–H and O–H groups in total. The summed E-state index contributed by atoms with van der Waals surface area (Å²) < 4.78 is 11.6. The molecule has 0 spiro atoms. The smallest absolute Gasteiger partial charge is 0.254 e. The zero-order valence-corrected chi connectivity index (χ0v) is 21.3. The molecule has 0 bridgehead atoms. The molecule has 3 rings (SSSR count). The van der Waals surface area contributed by atoms with Crippen LogP contribution in [0.5, 0.6) is 5.75 Å². The molecule has 1 amide bonds. The second kappa shape index (κ2) is 12.5. The number of halogens is 2. The third kappa shape index (κ3) is 7.26. The number of rotatable bonds is 11.